The van der Waals surface area contributed by atoms with Gasteiger partial charge >= 0.3 is 0 Å². The highest BCUT2D eigenvalue weighted by molar-refractivity contribution is 9.10. The van der Waals surface area contributed by atoms with Crippen LogP contribution in [-0.4, -0.2) is 7.05 Å². The van der Waals surface area contributed by atoms with E-state index in [2.05, 4.69) is 69.8 Å². The van der Waals surface area contributed by atoms with E-state index in [-0.39, 0.29) is 0 Å². The van der Waals surface area contributed by atoms with Gasteiger partial charge in [-0.1, -0.05) is 64.8 Å². The summed E-state index contributed by atoms with van der Waals surface area (Å²) in [4.78, 5) is 0. The summed E-state index contributed by atoms with van der Waals surface area (Å²) in [6, 6.07) is 18.1. The summed E-state index contributed by atoms with van der Waals surface area (Å²) in [7, 11) is 2.04. The van der Waals surface area contributed by atoms with Crippen LogP contribution in [0.15, 0.2) is 53.0 Å². The zero-order valence-electron chi connectivity index (χ0n) is 12.5. The van der Waals surface area contributed by atoms with Crippen molar-refractivity contribution in [2.75, 3.05) is 7.05 Å². The molecule has 1 N–H and O–H groups in total. The molecule has 3 rings (SSSR count). The number of hydrogen-bond donors (Lipinski definition) is 1. The third-order valence-corrected chi connectivity index (χ3v) is 5.42. The van der Waals surface area contributed by atoms with Crippen LogP contribution in [0.1, 0.15) is 47.9 Å². The van der Waals surface area contributed by atoms with Crippen LogP contribution >= 0.6 is 15.9 Å². The van der Waals surface area contributed by atoms with Gasteiger partial charge in [0.2, 0.25) is 0 Å². The Morgan fingerprint density at radius 1 is 1.10 bits per heavy atom. The fraction of sp³-hybridized carbons (Fsp3) is 0.368. The SMILES string of the molecule is CNC(Cc1ccccc1Br)c1ccc(C2CCC2)cc1. The topological polar surface area (TPSA) is 12.0 Å². The molecule has 2 aromatic carbocycles. The van der Waals surface area contributed by atoms with Gasteiger partial charge in [0.25, 0.3) is 0 Å². The van der Waals surface area contributed by atoms with Crippen LogP contribution in [0.4, 0.5) is 0 Å². The fourth-order valence-corrected chi connectivity index (χ4v) is 3.46. The monoisotopic (exact) mass is 343 g/mol. The molecule has 110 valence electrons. The second-order valence-electron chi connectivity index (χ2n) is 5.93. The van der Waals surface area contributed by atoms with Crippen molar-refractivity contribution in [2.45, 2.75) is 37.6 Å². The largest absolute Gasteiger partial charge is 0.313 e. The van der Waals surface area contributed by atoms with Crippen molar-refractivity contribution >= 4 is 15.9 Å². The molecule has 1 unspecified atom stereocenters. The fourth-order valence-electron chi connectivity index (χ4n) is 3.01. The van der Waals surface area contributed by atoms with E-state index < -0.39 is 0 Å². The summed E-state index contributed by atoms with van der Waals surface area (Å²) >= 11 is 3.65. The maximum Gasteiger partial charge on any atom is 0.0358 e. The molecule has 21 heavy (non-hydrogen) atoms. The molecule has 1 nitrogen and oxygen atoms in total. The van der Waals surface area contributed by atoms with Crippen LogP contribution in [0.25, 0.3) is 0 Å². The van der Waals surface area contributed by atoms with E-state index in [0.29, 0.717) is 6.04 Å². The minimum absolute atomic E-state index is 0.360. The molecule has 2 aromatic rings. The van der Waals surface area contributed by atoms with Gasteiger partial charge in [-0.05, 0) is 55.0 Å². The quantitative estimate of drug-likeness (QED) is 0.784. The van der Waals surface area contributed by atoms with E-state index in [0.717, 1.165) is 12.3 Å². The van der Waals surface area contributed by atoms with E-state index >= 15 is 0 Å². The summed E-state index contributed by atoms with van der Waals surface area (Å²) in [5, 5.41) is 3.45. The van der Waals surface area contributed by atoms with Gasteiger partial charge < -0.3 is 5.32 Å². The zero-order chi connectivity index (χ0) is 14.7. The Kier molecular flexibility index (Phi) is 4.77. The van der Waals surface area contributed by atoms with Crippen molar-refractivity contribution in [3.63, 3.8) is 0 Å². The van der Waals surface area contributed by atoms with E-state index in [1.807, 2.05) is 7.05 Å². The Bertz CT molecular complexity index is 587. The molecule has 0 radical (unpaired) electrons. The van der Waals surface area contributed by atoms with Gasteiger partial charge in [-0.3, -0.25) is 0 Å². The van der Waals surface area contributed by atoms with Crippen LogP contribution < -0.4 is 5.32 Å². The molecule has 0 bridgehead atoms. The predicted octanol–water partition coefficient (Wildman–Crippen LogP) is 5.22. The second kappa shape index (κ2) is 6.76. The van der Waals surface area contributed by atoms with Gasteiger partial charge in [0.1, 0.15) is 0 Å². The lowest BCUT2D eigenvalue weighted by atomic mass is 9.79. The maximum atomic E-state index is 3.65. The van der Waals surface area contributed by atoms with Crippen LogP contribution in [0.2, 0.25) is 0 Å². The van der Waals surface area contributed by atoms with Gasteiger partial charge in [-0.15, -0.1) is 0 Å². The highest BCUT2D eigenvalue weighted by atomic mass is 79.9. The first kappa shape index (κ1) is 14.8. The smallest absolute Gasteiger partial charge is 0.0358 e. The van der Waals surface area contributed by atoms with Gasteiger partial charge in [0, 0.05) is 10.5 Å². The van der Waals surface area contributed by atoms with Gasteiger partial charge in [0.05, 0.1) is 0 Å². The Balaban J connectivity index is 1.75. The summed E-state index contributed by atoms with van der Waals surface area (Å²) in [6.07, 6.45) is 5.13. The number of rotatable bonds is 5. The van der Waals surface area contributed by atoms with Crippen molar-refractivity contribution < 1.29 is 0 Å². The normalized spacial score (nSPS) is 16.5. The molecule has 0 aromatic heterocycles. The molecule has 1 aliphatic carbocycles. The molecule has 2 heteroatoms. The summed E-state index contributed by atoms with van der Waals surface area (Å²) in [5.41, 5.74) is 4.23. The number of hydrogen-bond acceptors (Lipinski definition) is 1. The molecule has 1 aliphatic rings. The molecule has 0 aliphatic heterocycles. The van der Waals surface area contributed by atoms with Crippen LogP contribution in [0, 0.1) is 0 Å². The van der Waals surface area contributed by atoms with E-state index in [4.69, 9.17) is 0 Å². The van der Waals surface area contributed by atoms with Crippen molar-refractivity contribution in [1.29, 1.82) is 0 Å². The zero-order valence-corrected chi connectivity index (χ0v) is 14.1. The number of benzene rings is 2. The third-order valence-electron chi connectivity index (χ3n) is 4.65. The average Bonchev–Trinajstić information content (AvgIpc) is 2.46. The Morgan fingerprint density at radius 2 is 1.81 bits per heavy atom. The van der Waals surface area contributed by atoms with E-state index in [9.17, 15) is 0 Å². The third kappa shape index (κ3) is 3.38. The van der Waals surface area contributed by atoms with Gasteiger partial charge in [0.15, 0.2) is 0 Å². The highest BCUT2D eigenvalue weighted by Crippen LogP contribution is 2.36. The highest BCUT2D eigenvalue weighted by Gasteiger charge is 2.19. The molecule has 1 fully saturated rings. The van der Waals surface area contributed by atoms with Crippen LogP contribution in [-0.2, 0) is 6.42 Å². The maximum absolute atomic E-state index is 3.65. The Hall–Kier alpha value is -1.12. The Labute approximate surface area is 135 Å². The molecular formula is C19H22BrN. The van der Waals surface area contributed by atoms with Crippen molar-refractivity contribution in [3.05, 3.63) is 69.7 Å². The summed E-state index contributed by atoms with van der Waals surface area (Å²) in [6.45, 7) is 0. The molecule has 0 spiro atoms. The number of likely N-dealkylation sites (N-methyl/N-ethyl adjacent to an activating group) is 1. The lowest BCUT2D eigenvalue weighted by molar-refractivity contribution is 0.419. The summed E-state index contributed by atoms with van der Waals surface area (Å²) in [5.74, 6) is 0.815. The Morgan fingerprint density at radius 3 is 2.38 bits per heavy atom. The predicted molar refractivity (Wildman–Crippen MR) is 92.7 cm³/mol. The first-order chi connectivity index (χ1) is 10.3. The van der Waals surface area contributed by atoms with Gasteiger partial charge in [-0.25, -0.2) is 0 Å². The van der Waals surface area contributed by atoms with E-state index in [1.54, 1.807) is 0 Å². The van der Waals surface area contributed by atoms with E-state index in [1.165, 1.54) is 40.4 Å². The standard InChI is InChI=1S/C19H22BrN/c1-21-19(13-17-5-2-3-8-18(17)20)16-11-9-15(10-12-16)14-6-4-7-14/h2-3,5,8-12,14,19,21H,4,6-7,13H2,1H3. The number of nitrogens with one attached hydrogen (secondary N) is 1. The molecule has 1 atom stereocenters. The minimum Gasteiger partial charge on any atom is -0.313 e. The van der Waals surface area contributed by atoms with Crippen molar-refractivity contribution in [2.24, 2.45) is 0 Å². The van der Waals surface area contributed by atoms with Gasteiger partial charge in [-0.2, -0.15) is 0 Å². The molecule has 0 heterocycles. The lowest BCUT2D eigenvalue weighted by Crippen LogP contribution is -2.19. The second-order valence-corrected chi connectivity index (χ2v) is 6.79. The summed E-state index contributed by atoms with van der Waals surface area (Å²) < 4.78 is 1.19. The van der Waals surface area contributed by atoms with Crippen LogP contribution in [0.3, 0.4) is 0 Å². The first-order valence-electron chi connectivity index (χ1n) is 7.78. The van der Waals surface area contributed by atoms with Crippen LogP contribution in [0.5, 0.6) is 0 Å². The van der Waals surface area contributed by atoms with Crippen molar-refractivity contribution in [1.82, 2.24) is 5.32 Å². The first-order valence-corrected chi connectivity index (χ1v) is 8.58. The average molecular weight is 344 g/mol. The lowest BCUT2D eigenvalue weighted by Gasteiger charge is -2.26. The number of halogens is 1. The molecular weight excluding hydrogens is 322 g/mol. The molecule has 0 amide bonds. The minimum atomic E-state index is 0.360. The molecule has 1 saturated carbocycles. The van der Waals surface area contributed by atoms with Crippen molar-refractivity contribution in [3.8, 4) is 0 Å². The molecule has 0 saturated heterocycles.